The first-order valence-electron chi connectivity index (χ1n) is 9.44. The maximum Gasteiger partial charge on any atom is 0.252 e. The van der Waals surface area contributed by atoms with Crippen LogP contribution in [0.25, 0.3) is 0 Å². The van der Waals surface area contributed by atoms with Crippen molar-refractivity contribution in [1.82, 2.24) is 10.6 Å². The maximum atomic E-state index is 12.8. The normalized spacial score (nSPS) is 19.5. The Balaban J connectivity index is 0.00000392. The van der Waals surface area contributed by atoms with E-state index in [1.54, 1.807) is 18.2 Å². The molecule has 0 radical (unpaired) electrons. The number of nitrogens with one attached hydrogen (secondary N) is 2. The van der Waals surface area contributed by atoms with Crippen LogP contribution in [0, 0.1) is 11.8 Å². The summed E-state index contributed by atoms with van der Waals surface area (Å²) in [6, 6.07) is 4.38. The number of rotatable bonds is 8. The van der Waals surface area contributed by atoms with Crippen LogP contribution in [0.15, 0.2) is 18.2 Å². The minimum Gasteiger partial charge on any atom is -0.497 e. The highest BCUT2D eigenvalue weighted by Gasteiger charge is 2.31. The topological polar surface area (TPSA) is 103 Å². The van der Waals surface area contributed by atoms with Crippen LogP contribution in [-0.2, 0) is 4.79 Å². The van der Waals surface area contributed by atoms with Crippen LogP contribution in [0.4, 0.5) is 0 Å². The molecule has 28 heavy (non-hydrogen) atoms. The average molecular weight is 414 g/mol. The first-order valence-corrected chi connectivity index (χ1v) is 9.44. The van der Waals surface area contributed by atoms with Gasteiger partial charge in [0.1, 0.15) is 17.5 Å². The van der Waals surface area contributed by atoms with Crippen molar-refractivity contribution in [2.75, 3.05) is 20.8 Å². The molecule has 1 saturated carbocycles. The predicted molar refractivity (Wildman–Crippen MR) is 111 cm³/mol. The highest BCUT2D eigenvalue weighted by Crippen LogP contribution is 2.25. The number of halogens is 1. The summed E-state index contributed by atoms with van der Waals surface area (Å²) in [5.74, 6) is 0.768. The molecule has 0 aromatic heterocycles. The van der Waals surface area contributed by atoms with Crippen LogP contribution in [0.1, 0.15) is 43.5 Å². The molecule has 3 atom stereocenters. The van der Waals surface area contributed by atoms with Crippen LogP contribution in [-0.4, -0.2) is 44.7 Å². The lowest BCUT2D eigenvalue weighted by atomic mass is 10.00. The highest BCUT2D eigenvalue weighted by atomic mass is 35.5. The van der Waals surface area contributed by atoms with Crippen LogP contribution in [0.5, 0.6) is 11.5 Å². The van der Waals surface area contributed by atoms with Crippen molar-refractivity contribution in [3.8, 4) is 11.5 Å². The van der Waals surface area contributed by atoms with E-state index in [1.807, 2.05) is 13.8 Å². The van der Waals surface area contributed by atoms with E-state index >= 15 is 0 Å². The minimum atomic E-state index is -0.631. The summed E-state index contributed by atoms with van der Waals surface area (Å²) in [6.07, 6.45) is 3.03. The summed E-state index contributed by atoms with van der Waals surface area (Å²) in [7, 11) is 3.05. The Morgan fingerprint density at radius 1 is 1.14 bits per heavy atom. The third kappa shape index (κ3) is 6.01. The third-order valence-electron chi connectivity index (χ3n) is 5.14. The predicted octanol–water partition coefficient (Wildman–Crippen LogP) is 2.12. The van der Waals surface area contributed by atoms with E-state index in [9.17, 15) is 9.59 Å². The monoisotopic (exact) mass is 413 g/mol. The molecule has 1 fully saturated rings. The lowest BCUT2D eigenvalue weighted by Crippen LogP contribution is -2.53. The van der Waals surface area contributed by atoms with E-state index in [4.69, 9.17) is 15.2 Å². The molecule has 158 valence electrons. The highest BCUT2D eigenvalue weighted by molar-refractivity contribution is 5.98. The van der Waals surface area contributed by atoms with Crippen molar-refractivity contribution in [1.29, 1.82) is 0 Å². The summed E-state index contributed by atoms with van der Waals surface area (Å²) >= 11 is 0. The van der Waals surface area contributed by atoms with Gasteiger partial charge in [0, 0.05) is 17.7 Å². The molecule has 0 bridgehead atoms. The Morgan fingerprint density at radius 3 is 2.25 bits per heavy atom. The van der Waals surface area contributed by atoms with Gasteiger partial charge in [0.25, 0.3) is 5.91 Å². The van der Waals surface area contributed by atoms with Gasteiger partial charge in [-0.3, -0.25) is 9.59 Å². The van der Waals surface area contributed by atoms with E-state index in [-0.39, 0.29) is 36.2 Å². The van der Waals surface area contributed by atoms with E-state index < -0.39 is 6.04 Å². The standard InChI is InChI=1S/C20H31N3O4.ClH/c1-12(2)18(20(25)22-17-7-5-6-13(17)11-21)23-19(24)14-8-15(26-3)10-16(9-14)27-4;/h8-10,12-13,17-18H,5-7,11,21H2,1-4H3,(H,22,25)(H,23,24);1H. The molecule has 2 rings (SSSR count). The van der Waals surface area contributed by atoms with E-state index in [1.165, 1.54) is 14.2 Å². The SMILES string of the molecule is COc1cc(OC)cc(C(=O)NC(C(=O)NC2CCCC2CN)C(C)C)c1.Cl. The molecule has 1 aromatic carbocycles. The average Bonchev–Trinajstić information content (AvgIpc) is 3.11. The first kappa shape index (κ1) is 24.0. The molecular formula is C20H32ClN3O4. The number of benzene rings is 1. The Kier molecular flexibility index (Phi) is 9.55. The minimum absolute atomic E-state index is 0. The van der Waals surface area contributed by atoms with Gasteiger partial charge in [0.05, 0.1) is 14.2 Å². The summed E-state index contributed by atoms with van der Waals surface area (Å²) in [6.45, 7) is 4.38. The molecule has 0 heterocycles. The van der Waals surface area contributed by atoms with Gasteiger partial charge in [-0.05, 0) is 43.4 Å². The van der Waals surface area contributed by atoms with Crippen LogP contribution >= 0.6 is 12.4 Å². The third-order valence-corrected chi connectivity index (χ3v) is 5.14. The maximum absolute atomic E-state index is 12.8. The number of ether oxygens (including phenoxy) is 2. The molecule has 4 N–H and O–H groups in total. The summed E-state index contributed by atoms with van der Waals surface area (Å²) in [5.41, 5.74) is 6.18. The molecule has 7 nitrogen and oxygen atoms in total. The molecule has 1 aromatic rings. The quantitative estimate of drug-likeness (QED) is 0.605. The van der Waals surface area contributed by atoms with Crippen LogP contribution < -0.4 is 25.8 Å². The second-order valence-electron chi connectivity index (χ2n) is 7.34. The molecule has 0 saturated heterocycles. The van der Waals surface area contributed by atoms with Gasteiger partial charge in [0.15, 0.2) is 0 Å². The Bertz CT molecular complexity index is 647. The molecule has 3 unspecified atom stereocenters. The number of hydrogen-bond donors (Lipinski definition) is 3. The molecule has 0 aliphatic heterocycles. The Morgan fingerprint density at radius 2 is 1.75 bits per heavy atom. The van der Waals surface area contributed by atoms with Crippen LogP contribution in [0.2, 0.25) is 0 Å². The van der Waals surface area contributed by atoms with Gasteiger partial charge in [-0.1, -0.05) is 20.3 Å². The molecule has 0 spiro atoms. The van der Waals surface area contributed by atoms with Gasteiger partial charge in [0.2, 0.25) is 5.91 Å². The lowest BCUT2D eigenvalue weighted by Gasteiger charge is -2.26. The van der Waals surface area contributed by atoms with Crippen molar-refractivity contribution >= 4 is 24.2 Å². The van der Waals surface area contributed by atoms with Crippen molar-refractivity contribution in [2.45, 2.75) is 45.2 Å². The number of carbonyl (C=O) groups is 2. The smallest absolute Gasteiger partial charge is 0.252 e. The fourth-order valence-electron chi connectivity index (χ4n) is 3.48. The number of nitrogens with two attached hydrogens (primary N) is 1. The van der Waals surface area contributed by atoms with Crippen LogP contribution in [0.3, 0.4) is 0 Å². The van der Waals surface area contributed by atoms with Crippen molar-refractivity contribution in [3.05, 3.63) is 23.8 Å². The zero-order valence-electron chi connectivity index (χ0n) is 17.0. The molecule has 2 amide bonds. The number of carbonyl (C=O) groups excluding carboxylic acids is 2. The second-order valence-corrected chi connectivity index (χ2v) is 7.34. The number of methoxy groups -OCH3 is 2. The van der Waals surface area contributed by atoms with Crippen molar-refractivity contribution < 1.29 is 19.1 Å². The number of amides is 2. The van der Waals surface area contributed by atoms with Gasteiger partial charge < -0.3 is 25.8 Å². The molecular weight excluding hydrogens is 382 g/mol. The fourth-order valence-corrected chi connectivity index (χ4v) is 3.48. The zero-order chi connectivity index (χ0) is 20.0. The Hall–Kier alpha value is -1.99. The molecule has 1 aliphatic carbocycles. The second kappa shape index (κ2) is 11.1. The lowest BCUT2D eigenvalue weighted by molar-refractivity contribution is -0.124. The zero-order valence-corrected chi connectivity index (χ0v) is 17.8. The van der Waals surface area contributed by atoms with E-state index in [2.05, 4.69) is 10.6 Å². The Labute approximate surface area is 173 Å². The summed E-state index contributed by atoms with van der Waals surface area (Å²) < 4.78 is 10.4. The largest absolute Gasteiger partial charge is 0.497 e. The summed E-state index contributed by atoms with van der Waals surface area (Å²) in [4.78, 5) is 25.5. The van der Waals surface area contributed by atoms with E-state index in [0.717, 1.165) is 19.3 Å². The molecule has 1 aliphatic rings. The fraction of sp³-hybridized carbons (Fsp3) is 0.600. The number of hydrogen-bond acceptors (Lipinski definition) is 5. The van der Waals surface area contributed by atoms with Gasteiger partial charge in [-0.15, -0.1) is 12.4 Å². The summed E-state index contributed by atoms with van der Waals surface area (Å²) in [5, 5.41) is 5.93. The first-order chi connectivity index (χ1) is 12.9. The van der Waals surface area contributed by atoms with Crippen molar-refractivity contribution in [2.24, 2.45) is 17.6 Å². The van der Waals surface area contributed by atoms with Gasteiger partial charge in [-0.2, -0.15) is 0 Å². The molecule has 8 heteroatoms. The van der Waals surface area contributed by atoms with Crippen molar-refractivity contribution in [3.63, 3.8) is 0 Å². The van der Waals surface area contributed by atoms with Gasteiger partial charge in [-0.25, -0.2) is 0 Å². The van der Waals surface area contributed by atoms with E-state index in [0.29, 0.717) is 29.5 Å². The van der Waals surface area contributed by atoms with Gasteiger partial charge >= 0.3 is 0 Å².